The van der Waals surface area contributed by atoms with Crippen LogP contribution in [0.3, 0.4) is 0 Å². The molecule has 0 bridgehead atoms. The number of halogens is 3. The summed E-state index contributed by atoms with van der Waals surface area (Å²) in [5.74, 6) is 0.851. The SMILES string of the molecule is Cc1cccc2nc(C(C)Cl)n(-c3ccc(Br)cc3Br)c12. The lowest BCUT2D eigenvalue weighted by atomic mass is 10.2. The second-order valence-electron chi connectivity index (χ2n) is 4.96. The predicted molar refractivity (Wildman–Crippen MR) is 95.5 cm³/mol. The van der Waals surface area contributed by atoms with E-state index in [9.17, 15) is 0 Å². The van der Waals surface area contributed by atoms with Gasteiger partial charge in [0, 0.05) is 8.95 Å². The van der Waals surface area contributed by atoms with Gasteiger partial charge < -0.3 is 0 Å². The number of benzene rings is 2. The summed E-state index contributed by atoms with van der Waals surface area (Å²) in [5.41, 5.74) is 4.28. The van der Waals surface area contributed by atoms with Gasteiger partial charge in [0.05, 0.1) is 22.1 Å². The highest BCUT2D eigenvalue weighted by Crippen LogP contribution is 2.34. The van der Waals surface area contributed by atoms with Crippen molar-refractivity contribution < 1.29 is 0 Å². The maximum Gasteiger partial charge on any atom is 0.132 e. The van der Waals surface area contributed by atoms with Gasteiger partial charge in [-0.05, 0) is 59.6 Å². The van der Waals surface area contributed by atoms with Gasteiger partial charge >= 0.3 is 0 Å². The third-order valence-corrected chi connectivity index (χ3v) is 4.73. The molecule has 1 aromatic heterocycles. The van der Waals surface area contributed by atoms with Crippen molar-refractivity contribution in [3.63, 3.8) is 0 Å². The molecule has 1 heterocycles. The Morgan fingerprint density at radius 1 is 1.19 bits per heavy atom. The van der Waals surface area contributed by atoms with Gasteiger partial charge in [-0.2, -0.15) is 0 Å². The number of alkyl halides is 1. The van der Waals surface area contributed by atoms with Gasteiger partial charge in [0.15, 0.2) is 0 Å². The van der Waals surface area contributed by atoms with E-state index < -0.39 is 0 Å². The van der Waals surface area contributed by atoms with E-state index in [0.717, 1.165) is 31.5 Å². The number of hydrogen-bond acceptors (Lipinski definition) is 1. The molecular weight excluding hydrogens is 415 g/mol. The molecule has 0 amide bonds. The molecule has 0 N–H and O–H groups in total. The van der Waals surface area contributed by atoms with Crippen LogP contribution in [0, 0.1) is 6.92 Å². The number of imidazole rings is 1. The van der Waals surface area contributed by atoms with E-state index in [0.29, 0.717) is 0 Å². The molecule has 0 saturated carbocycles. The summed E-state index contributed by atoms with van der Waals surface area (Å²) in [6.45, 7) is 4.04. The zero-order chi connectivity index (χ0) is 15.1. The summed E-state index contributed by atoms with van der Waals surface area (Å²) in [5, 5.41) is -0.174. The quantitative estimate of drug-likeness (QED) is 0.447. The maximum absolute atomic E-state index is 6.36. The van der Waals surface area contributed by atoms with Crippen LogP contribution in [0.25, 0.3) is 16.7 Å². The summed E-state index contributed by atoms with van der Waals surface area (Å²) in [6.07, 6.45) is 0. The highest BCUT2D eigenvalue weighted by atomic mass is 79.9. The summed E-state index contributed by atoms with van der Waals surface area (Å²) >= 11 is 13.5. The Balaban J connectivity index is 2.41. The van der Waals surface area contributed by atoms with Crippen LogP contribution in [-0.2, 0) is 0 Å². The first kappa shape index (κ1) is 15.1. The number of aryl methyl sites for hydroxylation is 1. The normalized spacial score (nSPS) is 12.8. The van der Waals surface area contributed by atoms with Crippen molar-refractivity contribution >= 4 is 54.5 Å². The molecule has 108 valence electrons. The average molecular weight is 429 g/mol. The lowest BCUT2D eigenvalue weighted by Crippen LogP contribution is -2.03. The van der Waals surface area contributed by atoms with Crippen molar-refractivity contribution in [1.29, 1.82) is 0 Å². The lowest BCUT2D eigenvalue weighted by Gasteiger charge is -2.13. The first-order valence-corrected chi connectivity index (χ1v) is 8.58. The molecule has 0 fully saturated rings. The molecule has 0 radical (unpaired) electrons. The minimum atomic E-state index is -0.174. The molecule has 1 unspecified atom stereocenters. The zero-order valence-corrected chi connectivity index (χ0v) is 15.5. The highest BCUT2D eigenvalue weighted by Gasteiger charge is 2.19. The first-order chi connectivity index (χ1) is 9.99. The van der Waals surface area contributed by atoms with Crippen LogP contribution in [0.5, 0.6) is 0 Å². The minimum absolute atomic E-state index is 0.174. The largest absolute Gasteiger partial charge is 0.294 e. The lowest BCUT2D eigenvalue weighted by molar-refractivity contribution is 0.879. The minimum Gasteiger partial charge on any atom is -0.294 e. The van der Waals surface area contributed by atoms with Crippen molar-refractivity contribution in [3.05, 3.63) is 56.7 Å². The molecule has 0 saturated heterocycles. The molecule has 1 atom stereocenters. The molecular formula is C16H13Br2ClN2. The van der Waals surface area contributed by atoms with Crippen molar-refractivity contribution in [2.75, 3.05) is 0 Å². The number of para-hydroxylation sites is 1. The number of rotatable bonds is 2. The molecule has 3 aromatic rings. The van der Waals surface area contributed by atoms with Gasteiger partial charge in [0.2, 0.25) is 0 Å². The van der Waals surface area contributed by atoms with Gasteiger partial charge in [0.25, 0.3) is 0 Å². The Labute approximate surface area is 145 Å². The molecule has 5 heteroatoms. The van der Waals surface area contributed by atoms with Crippen molar-refractivity contribution in [3.8, 4) is 5.69 Å². The molecule has 0 aliphatic rings. The average Bonchev–Trinajstić information content (AvgIpc) is 2.80. The first-order valence-electron chi connectivity index (χ1n) is 6.56. The van der Waals surface area contributed by atoms with E-state index in [2.05, 4.69) is 55.5 Å². The van der Waals surface area contributed by atoms with Crippen LogP contribution in [0.2, 0.25) is 0 Å². The third kappa shape index (κ3) is 2.65. The molecule has 21 heavy (non-hydrogen) atoms. The third-order valence-electron chi connectivity index (χ3n) is 3.41. The van der Waals surface area contributed by atoms with Crippen LogP contribution in [0.4, 0.5) is 0 Å². The molecule has 2 aromatic carbocycles. The highest BCUT2D eigenvalue weighted by molar-refractivity contribution is 9.11. The van der Waals surface area contributed by atoms with Crippen molar-refractivity contribution in [2.45, 2.75) is 19.2 Å². The fourth-order valence-electron chi connectivity index (χ4n) is 2.49. The van der Waals surface area contributed by atoms with Crippen LogP contribution >= 0.6 is 43.5 Å². The summed E-state index contributed by atoms with van der Waals surface area (Å²) in [4.78, 5) is 4.71. The summed E-state index contributed by atoms with van der Waals surface area (Å²) < 4.78 is 4.16. The Kier molecular flexibility index (Phi) is 4.12. The second kappa shape index (κ2) is 5.75. The Bertz CT molecular complexity index is 825. The zero-order valence-electron chi connectivity index (χ0n) is 11.6. The maximum atomic E-state index is 6.36. The van der Waals surface area contributed by atoms with E-state index in [1.54, 1.807) is 0 Å². The van der Waals surface area contributed by atoms with Gasteiger partial charge in [0.1, 0.15) is 5.82 Å². The van der Waals surface area contributed by atoms with Gasteiger partial charge in [-0.25, -0.2) is 4.98 Å². The van der Waals surface area contributed by atoms with Gasteiger partial charge in [-0.15, -0.1) is 11.6 Å². The molecule has 0 aliphatic carbocycles. The fourth-order valence-corrected chi connectivity index (χ4v) is 3.86. The van der Waals surface area contributed by atoms with Crippen molar-refractivity contribution in [1.82, 2.24) is 9.55 Å². The van der Waals surface area contributed by atoms with Gasteiger partial charge in [-0.3, -0.25) is 4.57 Å². The van der Waals surface area contributed by atoms with E-state index in [-0.39, 0.29) is 5.38 Å². The number of aromatic nitrogens is 2. The molecule has 2 nitrogen and oxygen atoms in total. The van der Waals surface area contributed by atoms with E-state index >= 15 is 0 Å². The number of nitrogens with zero attached hydrogens (tertiary/aromatic N) is 2. The van der Waals surface area contributed by atoms with E-state index in [1.165, 1.54) is 5.56 Å². The van der Waals surface area contributed by atoms with E-state index in [4.69, 9.17) is 16.6 Å². The van der Waals surface area contributed by atoms with Crippen LogP contribution in [-0.4, -0.2) is 9.55 Å². The number of fused-ring (bicyclic) bond motifs is 1. The molecule has 3 rings (SSSR count). The monoisotopic (exact) mass is 426 g/mol. The summed E-state index contributed by atoms with van der Waals surface area (Å²) in [6, 6.07) is 12.2. The van der Waals surface area contributed by atoms with Gasteiger partial charge in [-0.1, -0.05) is 28.1 Å². The predicted octanol–water partition coefficient (Wildman–Crippen LogP) is 6.16. The Hall–Kier alpha value is -0.840. The fraction of sp³-hybridized carbons (Fsp3) is 0.188. The van der Waals surface area contributed by atoms with Crippen molar-refractivity contribution in [2.24, 2.45) is 0 Å². The topological polar surface area (TPSA) is 17.8 Å². The standard InChI is InChI=1S/C16H13Br2ClN2/c1-9-4-3-5-13-15(9)21(16(20-13)10(2)19)14-7-6-11(17)8-12(14)18/h3-8,10H,1-2H3. The van der Waals surface area contributed by atoms with Crippen LogP contribution < -0.4 is 0 Å². The van der Waals surface area contributed by atoms with E-state index in [1.807, 2.05) is 31.2 Å². The Morgan fingerprint density at radius 2 is 1.95 bits per heavy atom. The smallest absolute Gasteiger partial charge is 0.132 e. The molecule has 0 aliphatic heterocycles. The second-order valence-corrected chi connectivity index (χ2v) is 7.38. The summed E-state index contributed by atoms with van der Waals surface area (Å²) in [7, 11) is 0. The Morgan fingerprint density at radius 3 is 2.62 bits per heavy atom. The van der Waals surface area contributed by atoms with Crippen LogP contribution in [0.15, 0.2) is 45.3 Å². The van der Waals surface area contributed by atoms with Crippen LogP contribution in [0.1, 0.15) is 23.7 Å². The number of hydrogen-bond donors (Lipinski definition) is 0. The molecule has 0 spiro atoms.